The van der Waals surface area contributed by atoms with E-state index in [1.54, 1.807) is 0 Å². The fraction of sp³-hybridized carbons (Fsp3) is 0.800. The molecule has 3 nitrogen and oxygen atoms in total. The van der Waals surface area contributed by atoms with Crippen LogP contribution in [0.15, 0.2) is 0 Å². The maximum absolute atomic E-state index is 10.1. The van der Waals surface area contributed by atoms with Gasteiger partial charge in [-0.15, -0.1) is 0 Å². The van der Waals surface area contributed by atoms with E-state index in [0.29, 0.717) is 5.62 Å². The van der Waals surface area contributed by atoms with Gasteiger partial charge in [0.2, 0.25) is 5.62 Å². The summed E-state index contributed by atoms with van der Waals surface area (Å²) in [6.45, 7) is 1.87. The van der Waals surface area contributed by atoms with Crippen LogP contribution in [0.5, 0.6) is 0 Å². The Balaban J connectivity index is 2.41. The van der Waals surface area contributed by atoms with Crippen molar-refractivity contribution in [2.24, 2.45) is 0 Å². The summed E-state index contributed by atoms with van der Waals surface area (Å²) in [5, 5.41) is 0. The van der Waals surface area contributed by atoms with Crippen molar-refractivity contribution in [1.29, 1.82) is 4.78 Å². The van der Waals surface area contributed by atoms with Crippen LogP contribution in [-0.4, -0.2) is 23.0 Å². The predicted molar refractivity (Wildman–Crippen MR) is 37.6 cm³/mol. The third-order valence-electron chi connectivity index (χ3n) is 1.43. The van der Waals surface area contributed by atoms with Gasteiger partial charge in [0.1, 0.15) is 0 Å². The highest BCUT2D eigenvalue weighted by atomic mass is 32.2. The standard InChI is InChI=1S/C5H10N2OS/c6-9(5-8)7-3-1-2-4-7/h5-6H,1-4H2. The lowest BCUT2D eigenvalue weighted by molar-refractivity contribution is 0.556. The monoisotopic (exact) mass is 146 g/mol. The van der Waals surface area contributed by atoms with Gasteiger partial charge in [-0.2, -0.15) is 0 Å². The van der Waals surface area contributed by atoms with Crippen molar-refractivity contribution in [3.8, 4) is 0 Å². The molecule has 1 unspecified atom stereocenters. The molecule has 1 aliphatic heterocycles. The number of hydrogen-bond donors (Lipinski definition) is 1. The van der Waals surface area contributed by atoms with Crippen LogP contribution in [0.2, 0.25) is 0 Å². The molecule has 1 fully saturated rings. The molecular weight excluding hydrogens is 136 g/mol. The van der Waals surface area contributed by atoms with E-state index in [2.05, 4.69) is 0 Å². The van der Waals surface area contributed by atoms with Gasteiger partial charge < -0.3 is 0 Å². The SMILES string of the molecule is N=S(C=O)N1CCCC1. The van der Waals surface area contributed by atoms with E-state index < -0.39 is 10.9 Å². The van der Waals surface area contributed by atoms with Crippen molar-refractivity contribution in [3.63, 3.8) is 0 Å². The molecule has 0 spiro atoms. The maximum atomic E-state index is 10.1. The van der Waals surface area contributed by atoms with Gasteiger partial charge in [-0.25, -0.2) is 4.31 Å². The molecule has 0 aromatic carbocycles. The lowest BCUT2D eigenvalue weighted by atomic mass is 10.4. The van der Waals surface area contributed by atoms with E-state index in [-0.39, 0.29) is 0 Å². The molecule has 0 saturated carbocycles. The largest absolute Gasteiger partial charge is 0.289 e. The highest BCUT2D eigenvalue weighted by Crippen LogP contribution is 2.08. The van der Waals surface area contributed by atoms with Crippen LogP contribution in [0.3, 0.4) is 0 Å². The van der Waals surface area contributed by atoms with Crippen LogP contribution < -0.4 is 0 Å². The van der Waals surface area contributed by atoms with E-state index in [4.69, 9.17) is 4.78 Å². The van der Waals surface area contributed by atoms with Gasteiger partial charge in [0.05, 0.1) is 0 Å². The fourth-order valence-electron chi connectivity index (χ4n) is 0.946. The number of nitrogens with one attached hydrogen (secondary N) is 1. The summed E-state index contributed by atoms with van der Waals surface area (Å²) in [5.74, 6) is 0. The van der Waals surface area contributed by atoms with Crippen LogP contribution in [0.4, 0.5) is 0 Å². The Labute approximate surface area is 57.1 Å². The molecule has 1 atom stereocenters. The summed E-state index contributed by atoms with van der Waals surface area (Å²) in [4.78, 5) is 10.1. The molecule has 0 radical (unpaired) electrons. The van der Waals surface area contributed by atoms with Crippen LogP contribution in [0.1, 0.15) is 12.8 Å². The van der Waals surface area contributed by atoms with E-state index in [1.165, 1.54) is 0 Å². The Bertz CT molecular complexity index is 131. The normalized spacial score (nSPS) is 24.0. The second-order valence-electron chi connectivity index (χ2n) is 2.05. The van der Waals surface area contributed by atoms with Gasteiger partial charge in [-0.3, -0.25) is 9.57 Å². The molecule has 0 bridgehead atoms. The zero-order chi connectivity index (χ0) is 6.69. The Morgan fingerprint density at radius 2 is 2.00 bits per heavy atom. The van der Waals surface area contributed by atoms with E-state index in [1.807, 2.05) is 4.31 Å². The smallest absolute Gasteiger partial charge is 0.200 e. The summed E-state index contributed by atoms with van der Waals surface area (Å²) in [6, 6.07) is 0. The molecule has 0 aliphatic carbocycles. The number of nitrogens with zero attached hydrogens (tertiary/aromatic N) is 1. The van der Waals surface area contributed by atoms with Crippen molar-refractivity contribution in [1.82, 2.24) is 4.31 Å². The summed E-state index contributed by atoms with van der Waals surface area (Å²) >= 11 is 0. The molecule has 0 amide bonds. The van der Waals surface area contributed by atoms with Crippen LogP contribution >= 0.6 is 0 Å². The Hall–Kier alpha value is -0.220. The van der Waals surface area contributed by atoms with E-state index in [0.717, 1.165) is 25.9 Å². The van der Waals surface area contributed by atoms with E-state index in [9.17, 15) is 4.79 Å². The van der Waals surface area contributed by atoms with Crippen LogP contribution in [0.25, 0.3) is 0 Å². The lowest BCUT2D eigenvalue weighted by Crippen LogP contribution is -2.21. The molecule has 0 aromatic rings. The van der Waals surface area contributed by atoms with Crippen LogP contribution in [-0.2, 0) is 15.7 Å². The minimum atomic E-state index is -0.850. The molecule has 1 rings (SSSR count). The lowest BCUT2D eigenvalue weighted by Gasteiger charge is -2.09. The minimum Gasteiger partial charge on any atom is -0.289 e. The first-order chi connectivity index (χ1) is 4.34. The second kappa shape index (κ2) is 3.08. The number of carbonyl (C=O) groups is 1. The average Bonchev–Trinajstić information content (AvgIpc) is 2.37. The summed E-state index contributed by atoms with van der Waals surface area (Å²) < 4.78 is 9.11. The summed E-state index contributed by atoms with van der Waals surface area (Å²) in [6.07, 6.45) is 2.30. The molecule has 4 heteroatoms. The first-order valence-electron chi connectivity index (χ1n) is 2.99. The average molecular weight is 146 g/mol. The van der Waals surface area contributed by atoms with Gasteiger partial charge >= 0.3 is 0 Å². The summed E-state index contributed by atoms with van der Waals surface area (Å²) in [7, 11) is -0.850. The molecule has 9 heavy (non-hydrogen) atoms. The Morgan fingerprint density at radius 1 is 1.44 bits per heavy atom. The van der Waals surface area contributed by atoms with Crippen molar-refractivity contribution in [2.45, 2.75) is 12.8 Å². The number of rotatable bonds is 2. The van der Waals surface area contributed by atoms with Crippen molar-refractivity contribution in [2.75, 3.05) is 13.1 Å². The summed E-state index contributed by atoms with van der Waals surface area (Å²) in [5.41, 5.74) is 0.714. The molecule has 1 aliphatic rings. The molecular formula is C5H10N2OS. The number of carbonyl (C=O) groups excluding carboxylic acids is 1. The van der Waals surface area contributed by atoms with Crippen molar-refractivity contribution >= 4 is 16.5 Å². The van der Waals surface area contributed by atoms with Crippen molar-refractivity contribution in [3.05, 3.63) is 0 Å². The minimum absolute atomic E-state index is 0.714. The molecule has 1 heterocycles. The highest BCUT2D eigenvalue weighted by Gasteiger charge is 2.13. The first kappa shape index (κ1) is 6.89. The Kier molecular flexibility index (Phi) is 2.36. The third kappa shape index (κ3) is 1.59. The topological polar surface area (TPSA) is 44.2 Å². The first-order valence-corrected chi connectivity index (χ1v) is 4.24. The van der Waals surface area contributed by atoms with Crippen molar-refractivity contribution < 1.29 is 4.79 Å². The quantitative estimate of drug-likeness (QED) is 0.579. The Morgan fingerprint density at radius 3 is 2.44 bits per heavy atom. The second-order valence-corrected chi connectivity index (χ2v) is 3.38. The maximum Gasteiger partial charge on any atom is 0.200 e. The molecule has 1 saturated heterocycles. The highest BCUT2D eigenvalue weighted by molar-refractivity contribution is 7.97. The van der Waals surface area contributed by atoms with Gasteiger partial charge in [0.25, 0.3) is 0 Å². The zero-order valence-electron chi connectivity index (χ0n) is 5.17. The van der Waals surface area contributed by atoms with Crippen LogP contribution in [0, 0.1) is 4.78 Å². The molecule has 0 aromatic heterocycles. The molecule has 52 valence electrons. The third-order valence-corrected chi connectivity index (χ3v) is 2.54. The predicted octanol–water partition coefficient (Wildman–Crippen LogP) is 0.568. The number of hydrogen-bond acceptors (Lipinski definition) is 2. The fourth-order valence-corrected chi connectivity index (χ4v) is 1.72. The zero-order valence-corrected chi connectivity index (χ0v) is 5.99. The van der Waals surface area contributed by atoms with Gasteiger partial charge in [-0.05, 0) is 12.8 Å². The molecule has 1 N–H and O–H groups in total. The van der Waals surface area contributed by atoms with Gasteiger partial charge in [0.15, 0.2) is 0 Å². The van der Waals surface area contributed by atoms with E-state index >= 15 is 0 Å². The van der Waals surface area contributed by atoms with Gasteiger partial charge in [0, 0.05) is 24.0 Å². The van der Waals surface area contributed by atoms with Gasteiger partial charge in [-0.1, -0.05) is 0 Å².